The van der Waals surface area contributed by atoms with Crippen LogP contribution in [0.1, 0.15) is 21.7 Å². The fourth-order valence-corrected chi connectivity index (χ4v) is 6.00. The molecule has 1 aliphatic heterocycles. The average molecular weight is 564 g/mol. The predicted octanol–water partition coefficient (Wildman–Crippen LogP) is 2.35. The normalized spacial score (nSPS) is 16.9. The topological polar surface area (TPSA) is 121 Å². The second-order valence-electron chi connectivity index (χ2n) is 7.96. The van der Waals surface area contributed by atoms with Gasteiger partial charge in [0, 0.05) is 42.2 Å². The second-order valence-corrected chi connectivity index (χ2v) is 13.6. The molecule has 1 aromatic heterocycles. The van der Waals surface area contributed by atoms with Gasteiger partial charge in [-0.2, -0.15) is 4.72 Å². The van der Waals surface area contributed by atoms with Gasteiger partial charge in [-0.25, -0.2) is 21.2 Å². The van der Waals surface area contributed by atoms with Gasteiger partial charge in [0.15, 0.2) is 0 Å². The number of thiophene rings is 1. The molecule has 3 rings (SSSR count). The zero-order valence-corrected chi connectivity index (χ0v) is 22.0. The van der Waals surface area contributed by atoms with Crippen molar-refractivity contribution in [3.63, 3.8) is 0 Å². The Bertz CT molecular complexity index is 1370. The molecule has 14 heteroatoms. The molecule has 1 saturated heterocycles. The molecule has 2 heterocycles. The first-order valence-corrected chi connectivity index (χ1v) is 15.1. The lowest BCUT2D eigenvalue weighted by atomic mass is 10.1. The van der Waals surface area contributed by atoms with Crippen molar-refractivity contribution in [2.24, 2.45) is 0 Å². The van der Waals surface area contributed by atoms with Crippen LogP contribution >= 0.6 is 22.9 Å². The van der Waals surface area contributed by atoms with Gasteiger partial charge >= 0.3 is 0 Å². The van der Waals surface area contributed by atoms with Crippen molar-refractivity contribution in [1.82, 2.24) is 9.62 Å². The number of rotatable bonds is 9. The smallest absolute Gasteiger partial charge is 0.253 e. The zero-order chi connectivity index (χ0) is 26.0. The molecule has 2 amide bonds. The number of sulfonamides is 1. The molecule has 35 heavy (non-hydrogen) atoms. The van der Waals surface area contributed by atoms with E-state index < -0.39 is 43.5 Å². The van der Waals surface area contributed by atoms with Gasteiger partial charge in [-0.3, -0.25) is 9.59 Å². The molecule has 1 fully saturated rings. The maximum Gasteiger partial charge on any atom is 0.253 e. The van der Waals surface area contributed by atoms with E-state index in [4.69, 9.17) is 11.6 Å². The van der Waals surface area contributed by atoms with Gasteiger partial charge in [-0.05, 0) is 42.8 Å². The summed E-state index contributed by atoms with van der Waals surface area (Å²) in [6, 6.07) is 5.78. The number of amides is 2. The number of halogens is 2. The molecule has 0 aliphatic carbocycles. The van der Waals surface area contributed by atoms with E-state index >= 15 is 0 Å². The molecule has 0 radical (unpaired) electrons. The molecule has 1 N–H and O–H groups in total. The van der Waals surface area contributed by atoms with Crippen LogP contribution < -0.4 is 9.62 Å². The van der Waals surface area contributed by atoms with Gasteiger partial charge in [-0.1, -0.05) is 11.6 Å². The minimum Gasteiger partial charge on any atom is -0.341 e. The predicted molar refractivity (Wildman–Crippen MR) is 134 cm³/mol. The van der Waals surface area contributed by atoms with Crippen LogP contribution in [0.5, 0.6) is 0 Å². The Kier molecular flexibility index (Phi) is 8.37. The number of hydrogen-bond acceptors (Lipinski definition) is 7. The first kappa shape index (κ1) is 27.3. The van der Waals surface area contributed by atoms with Gasteiger partial charge in [0.05, 0.1) is 15.8 Å². The Morgan fingerprint density at radius 3 is 2.60 bits per heavy atom. The highest BCUT2D eigenvalue weighted by molar-refractivity contribution is 7.92. The lowest BCUT2D eigenvalue weighted by molar-refractivity contribution is -0.118. The summed E-state index contributed by atoms with van der Waals surface area (Å²) in [6.45, 7) is 0.0240. The van der Waals surface area contributed by atoms with Gasteiger partial charge in [0.25, 0.3) is 5.91 Å². The Morgan fingerprint density at radius 2 is 2.00 bits per heavy atom. The Balaban J connectivity index is 1.67. The summed E-state index contributed by atoms with van der Waals surface area (Å²) < 4.78 is 65.0. The lowest BCUT2D eigenvalue weighted by Gasteiger charge is -2.20. The first-order valence-electron chi connectivity index (χ1n) is 10.3. The minimum atomic E-state index is -3.95. The Hall–Kier alpha value is -2.32. The highest BCUT2D eigenvalue weighted by Gasteiger charge is 2.36. The quantitative estimate of drug-likeness (QED) is 0.500. The third-order valence-electron chi connectivity index (χ3n) is 5.15. The fraction of sp³-hybridized carbons (Fsp3) is 0.333. The van der Waals surface area contributed by atoms with Gasteiger partial charge in [0.1, 0.15) is 21.7 Å². The number of hydrogen-bond donors (Lipinski definition) is 1. The molecule has 1 aliphatic rings. The van der Waals surface area contributed by atoms with E-state index in [9.17, 15) is 30.8 Å². The maximum absolute atomic E-state index is 14.8. The van der Waals surface area contributed by atoms with Crippen molar-refractivity contribution < 1.29 is 30.8 Å². The number of sulfone groups is 1. The SMILES string of the molecule is CN(CCS(C)(=O)=O)C(=O)c1ccc(N2CCC(NS(=O)(=O)C=Cc3ccc(Cl)s3)C2=O)c(F)c1. The van der Waals surface area contributed by atoms with Gasteiger partial charge < -0.3 is 9.80 Å². The van der Waals surface area contributed by atoms with E-state index in [1.54, 1.807) is 12.1 Å². The number of nitrogens with zero attached hydrogens (tertiary/aromatic N) is 2. The summed E-state index contributed by atoms with van der Waals surface area (Å²) in [6.07, 6.45) is 2.54. The molecule has 2 aromatic rings. The summed E-state index contributed by atoms with van der Waals surface area (Å²) in [5, 5.41) is 0.937. The van der Waals surface area contributed by atoms with Crippen LogP contribution in [0, 0.1) is 5.82 Å². The number of carbonyl (C=O) groups is 2. The van der Waals surface area contributed by atoms with E-state index in [-0.39, 0.29) is 36.5 Å². The van der Waals surface area contributed by atoms with Crippen molar-refractivity contribution in [3.05, 3.63) is 56.3 Å². The van der Waals surface area contributed by atoms with E-state index in [0.717, 1.165) is 22.6 Å². The van der Waals surface area contributed by atoms with Crippen LogP contribution in [0.25, 0.3) is 6.08 Å². The van der Waals surface area contributed by atoms with Crippen LogP contribution in [-0.4, -0.2) is 71.7 Å². The Morgan fingerprint density at radius 1 is 1.29 bits per heavy atom. The lowest BCUT2D eigenvalue weighted by Crippen LogP contribution is -2.41. The number of benzene rings is 1. The molecule has 1 unspecified atom stereocenters. The first-order chi connectivity index (χ1) is 16.3. The van der Waals surface area contributed by atoms with E-state index in [2.05, 4.69) is 4.72 Å². The van der Waals surface area contributed by atoms with Crippen molar-refractivity contribution in [3.8, 4) is 0 Å². The summed E-state index contributed by atoms with van der Waals surface area (Å²) in [4.78, 5) is 28.2. The highest BCUT2D eigenvalue weighted by Crippen LogP contribution is 2.27. The third-order valence-corrected chi connectivity index (χ3v) is 8.38. The molecule has 0 saturated carbocycles. The van der Waals surface area contributed by atoms with Crippen LogP contribution in [0.3, 0.4) is 0 Å². The summed E-state index contributed by atoms with van der Waals surface area (Å²) >= 11 is 7.02. The Labute approximate surface area is 212 Å². The molecule has 0 spiro atoms. The standard InChI is InChI=1S/C21H23ClFN3O6S3/c1-25(10-12-34(2,29)30)20(27)14-3-5-18(16(23)13-14)26-9-7-17(21(26)28)24-35(31,32)11-8-15-4-6-19(22)33-15/h3-6,8,11,13,17,24H,7,9-10,12H2,1-2H3. The average Bonchev–Trinajstić information content (AvgIpc) is 3.35. The van der Waals surface area contributed by atoms with Crippen LogP contribution in [0.2, 0.25) is 4.34 Å². The molecule has 0 bridgehead atoms. The molecule has 1 atom stereocenters. The van der Waals surface area contributed by atoms with Crippen LogP contribution in [-0.2, 0) is 24.7 Å². The van der Waals surface area contributed by atoms with E-state index in [0.29, 0.717) is 9.21 Å². The van der Waals surface area contributed by atoms with E-state index in [1.165, 1.54) is 41.5 Å². The summed E-state index contributed by atoms with van der Waals surface area (Å²) in [7, 11) is -5.82. The summed E-state index contributed by atoms with van der Waals surface area (Å²) in [5.74, 6) is -2.26. The largest absolute Gasteiger partial charge is 0.341 e. The van der Waals surface area contributed by atoms with Crippen molar-refractivity contribution in [1.29, 1.82) is 0 Å². The van der Waals surface area contributed by atoms with Crippen molar-refractivity contribution in [2.75, 3.05) is 37.0 Å². The van der Waals surface area contributed by atoms with E-state index in [1.807, 2.05) is 0 Å². The summed E-state index contributed by atoms with van der Waals surface area (Å²) in [5.41, 5.74) is -0.0965. The van der Waals surface area contributed by atoms with Crippen molar-refractivity contribution >= 4 is 66.4 Å². The highest BCUT2D eigenvalue weighted by atomic mass is 35.5. The molecule has 1 aromatic carbocycles. The number of carbonyl (C=O) groups excluding carboxylic acids is 2. The molecular formula is C21H23ClFN3O6S3. The van der Waals surface area contributed by atoms with Crippen molar-refractivity contribution in [2.45, 2.75) is 12.5 Å². The minimum absolute atomic E-state index is 0.00929. The zero-order valence-electron chi connectivity index (χ0n) is 18.8. The van der Waals surface area contributed by atoms with Gasteiger partial charge in [0.2, 0.25) is 15.9 Å². The number of nitrogens with one attached hydrogen (secondary N) is 1. The third kappa shape index (κ3) is 7.34. The fourth-order valence-electron chi connectivity index (χ4n) is 3.32. The van der Waals surface area contributed by atoms with Crippen LogP contribution in [0.15, 0.2) is 35.7 Å². The molecule has 9 nitrogen and oxygen atoms in total. The molecule has 190 valence electrons. The second kappa shape index (κ2) is 10.7. The maximum atomic E-state index is 14.8. The van der Waals surface area contributed by atoms with Gasteiger partial charge in [-0.15, -0.1) is 11.3 Å². The molecular weight excluding hydrogens is 541 g/mol. The number of anilines is 1. The van der Waals surface area contributed by atoms with Crippen LogP contribution in [0.4, 0.5) is 10.1 Å². The monoisotopic (exact) mass is 563 g/mol.